The molecule has 2 unspecified atom stereocenters. The minimum Gasteiger partial charge on any atom is -0.388 e. The molecule has 4 heteroatoms. The Bertz CT molecular complexity index is 1030. The molecular weight excluding hydrogens is 388 g/mol. The maximum absolute atomic E-state index is 13.1. The summed E-state index contributed by atoms with van der Waals surface area (Å²) in [7, 11) is 0. The molecule has 4 nitrogen and oxygen atoms in total. The third-order valence-electron chi connectivity index (χ3n) is 8.97. The van der Waals surface area contributed by atoms with Crippen molar-refractivity contribution in [1.29, 1.82) is 0 Å². The summed E-state index contributed by atoms with van der Waals surface area (Å²) in [6.45, 7) is 3.57. The topological polar surface area (TPSA) is 74.6 Å². The van der Waals surface area contributed by atoms with Gasteiger partial charge in [-0.1, -0.05) is 60.6 Å². The minimum atomic E-state index is -1.61. The van der Waals surface area contributed by atoms with Crippen molar-refractivity contribution in [2.45, 2.75) is 51.0 Å². The maximum atomic E-state index is 13.1. The summed E-state index contributed by atoms with van der Waals surface area (Å²) in [4.78, 5) is 25.1. The Balaban J connectivity index is 1.62. The molecule has 0 heterocycles. The molecule has 2 fully saturated rings. The van der Waals surface area contributed by atoms with Crippen LogP contribution in [-0.2, 0) is 9.59 Å². The van der Waals surface area contributed by atoms with E-state index in [9.17, 15) is 19.8 Å². The first-order valence-corrected chi connectivity index (χ1v) is 11.3. The predicted molar refractivity (Wildman–Crippen MR) is 118 cm³/mol. The van der Waals surface area contributed by atoms with Crippen molar-refractivity contribution >= 4 is 11.6 Å². The van der Waals surface area contributed by atoms with Crippen molar-refractivity contribution in [3.8, 4) is 0 Å². The lowest BCUT2D eigenvalue weighted by Crippen LogP contribution is -2.57. The number of rotatable bonds is 3. The quantitative estimate of drug-likeness (QED) is 0.730. The number of aliphatic hydroxyl groups excluding tert-OH is 1. The Kier molecular flexibility index (Phi) is 4.55. The molecule has 0 saturated heterocycles. The molecule has 31 heavy (non-hydrogen) atoms. The third-order valence-corrected chi connectivity index (χ3v) is 8.97. The van der Waals surface area contributed by atoms with Crippen LogP contribution in [0.4, 0.5) is 0 Å². The van der Waals surface area contributed by atoms with Crippen LogP contribution in [0.25, 0.3) is 0 Å². The number of allylic oxidation sites excluding steroid dienone is 6. The molecular formula is C27H30O4. The first kappa shape index (κ1) is 20.6. The Hall–Kier alpha value is -2.30. The Morgan fingerprint density at radius 1 is 1.19 bits per heavy atom. The maximum Gasteiger partial charge on any atom is 0.190 e. The van der Waals surface area contributed by atoms with E-state index in [1.165, 1.54) is 11.1 Å². The first-order valence-electron chi connectivity index (χ1n) is 11.3. The molecule has 5 rings (SSSR count). The average molecular weight is 419 g/mol. The molecule has 0 spiro atoms. The lowest BCUT2D eigenvalue weighted by Gasteiger charge is -2.53. The summed E-state index contributed by atoms with van der Waals surface area (Å²) in [6.07, 6.45) is 10.8. The van der Waals surface area contributed by atoms with E-state index in [4.69, 9.17) is 0 Å². The van der Waals surface area contributed by atoms with Gasteiger partial charge in [-0.15, -0.1) is 0 Å². The number of hydrogen-bond donors (Lipinski definition) is 2. The number of aliphatic hydroxyl groups is 2. The monoisotopic (exact) mass is 418 g/mol. The Labute approximate surface area is 183 Å². The van der Waals surface area contributed by atoms with Crippen molar-refractivity contribution in [1.82, 2.24) is 0 Å². The molecule has 2 saturated carbocycles. The van der Waals surface area contributed by atoms with Gasteiger partial charge in [-0.25, -0.2) is 0 Å². The number of carbonyl (C=O) groups is 2. The highest BCUT2D eigenvalue weighted by atomic mass is 16.3. The van der Waals surface area contributed by atoms with E-state index in [-0.39, 0.29) is 29.0 Å². The van der Waals surface area contributed by atoms with E-state index >= 15 is 0 Å². The normalized spacial score (nSPS) is 41.0. The van der Waals surface area contributed by atoms with Gasteiger partial charge in [0.25, 0.3) is 0 Å². The van der Waals surface area contributed by atoms with Crippen LogP contribution in [0.3, 0.4) is 0 Å². The van der Waals surface area contributed by atoms with Crippen molar-refractivity contribution in [3.05, 3.63) is 71.3 Å². The van der Waals surface area contributed by atoms with Crippen molar-refractivity contribution in [2.24, 2.45) is 22.7 Å². The van der Waals surface area contributed by atoms with Gasteiger partial charge >= 0.3 is 0 Å². The second-order valence-corrected chi connectivity index (χ2v) is 10.2. The smallest absolute Gasteiger partial charge is 0.190 e. The number of fused-ring (bicyclic) bond motifs is 5. The molecule has 2 N–H and O–H groups in total. The number of carbonyl (C=O) groups excluding carboxylic acids is 2. The SMILES string of the molecule is C[C@]12C=CC(=O)C=C1CCC1C2=CC[C@@]2(C)C1C[C@H](c1ccccc1)[C@]2(O)C(=O)CO. The van der Waals surface area contributed by atoms with Gasteiger partial charge in [0.15, 0.2) is 11.6 Å². The van der Waals surface area contributed by atoms with Gasteiger partial charge in [0.2, 0.25) is 0 Å². The van der Waals surface area contributed by atoms with Crippen molar-refractivity contribution in [2.75, 3.05) is 6.61 Å². The van der Waals surface area contributed by atoms with Crippen LogP contribution in [0.5, 0.6) is 0 Å². The lowest BCUT2D eigenvalue weighted by atomic mass is 9.51. The molecule has 0 amide bonds. The molecule has 0 bridgehead atoms. The van der Waals surface area contributed by atoms with Gasteiger partial charge in [0.1, 0.15) is 12.2 Å². The van der Waals surface area contributed by atoms with E-state index in [2.05, 4.69) is 13.0 Å². The third kappa shape index (κ3) is 2.61. The first-order chi connectivity index (χ1) is 14.8. The highest BCUT2D eigenvalue weighted by Gasteiger charge is 2.68. The number of ketones is 2. The van der Waals surface area contributed by atoms with E-state index in [0.29, 0.717) is 12.8 Å². The minimum absolute atomic E-state index is 0.0556. The fraction of sp³-hybridized carbons (Fsp3) is 0.481. The van der Waals surface area contributed by atoms with Crippen molar-refractivity contribution in [3.63, 3.8) is 0 Å². The molecule has 4 aliphatic rings. The standard InChI is InChI=1S/C27H30O4/c1-25-12-10-19(29)14-18(25)8-9-20-21(25)11-13-26(2)23(20)15-22(17-6-4-3-5-7-17)27(26,31)24(30)16-28/h3-7,10-12,14,20,22-23,28,31H,8-9,13,15-16H2,1-2H3/t20?,22-,23?,25+,26+,27+/m1/s1. The zero-order valence-corrected chi connectivity index (χ0v) is 18.2. The molecule has 0 aromatic heterocycles. The van der Waals surface area contributed by atoms with Crippen LogP contribution in [-0.4, -0.2) is 34.0 Å². The fourth-order valence-electron chi connectivity index (χ4n) is 7.27. The van der Waals surface area contributed by atoms with E-state index in [0.717, 1.165) is 18.4 Å². The fourth-order valence-corrected chi connectivity index (χ4v) is 7.27. The highest BCUT2D eigenvalue weighted by Crippen LogP contribution is 2.68. The zero-order valence-electron chi connectivity index (χ0n) is 18.2. The summed E-state index contributed by atoms with van der Waals surface area (Å²) in [6, 6.07) is 9.78. The van der Waals surface area contributed by atoms with Crippen LogP contribution < -0.4 is 0 Å². The molecule has 162 valence electrons. The van der Waals surface area contributed by atoms with Crippen LogP contribution in [0, 0.1) is 22.7 Å². The van der Waals surface area contributed by atoms with Crippen LogP contribution in [0.2, 0.25) is 0 Å². The van der Waals surface area contributed by atoms with Gasteiger partial charge in [0, 0.05) is 16.7 Å². The summed E-state index contributed by atoms with van der Waals surface area (Å²) in [5.41, 5.74) is 0.935. The van der Waals surface area contributed by atoms with E-state index in [1.807, 2.05) is 43.3 Å². The molecule has 6 atom stereocenters. The summed E-state index contributed by atoms with van der Waals surface area (Å²) in [5.74, 6) is -0.397. The summed E-state index contributed by atoms with van der Waals surface area (Å²) in [5, 5.41) is 21.8. The molecule has 1 aromatic carbocycles. The highest BCUT2D eigenvalue weighted by molar-refractivity contribution is 6.01. The van der Waals surface area contributed by atoms with Gasteiger partial charge in [-0.3, -0.25) is 9.59 Å². The van der Waals surface area contributed by atoms with Gasteiger partial charge in [-0.05, 0) is 62.2 Å². The number of benzene rings is 1. The molecule has 4 aliphatic carbocycles. The average Bonchev–Trinajstić information content (AvgIpc) is 3.02. The van der Waals surface area contributed by atoms with Crippen LogP contribution in [0.1, 0.15) is 51.0 Å². The van der Waals surface area contributed by atoms with Gasteiger partial charge in [0.05, 0.1) is 0 Å². The van der Waals surface area contributed by atoms with Gasteiger partial charge in [-0.2, -0.15) is 0 Å². The van der Waals surface area contributed by atoms with Gasteiger partial charge < -0.3 is 10.2 Å². The van der Waals surface area contributed by atoms with E-state index < -0.39 is 23.4 Å². The lowest BCUT2D eigenvalue weighted by molar-refractivity contribution is -0.158. The zero-order chi connectivity index (χ0) is 22.0. The summed E-state index contributed by atoms with van der Waals surface area (Å²) < 4.78 is 0. The second-order valence-electron chi connectivity index (χ2n) is 10.2. The van der Waals surface area contributed by atoms with Crippen molar-refractivity contribution < 1.29 is 19.8 Å². The Morgan fingerprint density at radius 2 is 1.94 bits per heavy atom. The molecule has 1 aromatic rings. The van der Waals surface area contributed by atoms with Crippen LogP contribution >= 0.6 is 0 Å². The predicted octanol–water partition coefficient (Wildman–Crippen LogP) is 3.90. The van der Waals surface area contributed by atoms with E-state index in [1.54, 1.807) is 12.2 Å². The second kappa shape index (κ2) is 6.85. The molecule has 0 radical (unpaired) electrons. The Morgan fingerprint density at radius 3 is 2.65 bits per heavy atom. The van der Waals surface area contributed by atoms with Crippen LogP contribution in [0.15, 0.2) is 65.8 Å². The summed E-state index contributed by atoms with van der Waals surface area (Å²) >= 11 is 0. The largest absolute Gasteiger partial charge is 0.388 e. The number of Topliss-reactive ketones (excluding diaryl/α,β-unsaturated/α-hetero) is 1. The molecule has 0 aliphatic heterocycles. The number of hydrogen-bond acceptors (Lipinski definition) is 4.